The van der Waals surface area contributed by atoms with E-state index in [0.29, 0.717) is 0 Å². The molecule has 12 heavy (non-hydrogen) atoms. The molecule has 0 aromatic rings. The van der Waals surface area contributed by atoms with E-state index in [4.69, 9.17) is 9.47 Å². The summed E-state index contributed by atoms with van der Waals surface area (Å²) in [6.45, 7) is 3.48. The minimum Gasteiger partial charge on any atom is -0.422 e. The predicted molar refractivity (Wildman–Crippen MR) is 37.9 cm³/mol. The van der Waals surface area contributed by atoms with Gasteiger partial charge in [0.1, 0.15) is 0 Å². The second-order valence-electron chi connectivity index (χ2n) is 3.81. The SMILES string of the molecule is C[C@]12CC(=O)O[C@@]1(C)OC(=O)C2. The second kappa shape index (κ2) is 1.81. The Morgan fingerprint density at radius 3 is 1.83 bits per heavy atom. The van der Waals surface area contributed by atoms with Gasteiger partial charge in [-0.3, -0.25) is 9.59 Å². The fourth-order valence-corrected chi connectivity index (χ4v) is 1.79. The lowest BCUT2D eigenvalue weighted by atomic mass is 9.80. The third-order valence-electron chi connectivity index (χ3n) is 2.78. The van der Waals surface area contributed by atoms with Gasteiger partial charge in [-0.15, -0.1) is 0 Å². The van der Waals surface area contributed by atoms with Gasteiger partial charge in [0.05, 0.1) is 18.3 Å². The minimum atomic E-state index is -1.01. The van der Waals surface area contributed by atoms with Crippen molar-refractivity contribution >= 4 is 11.9 Å². The van der Waals surface area contributed by atoms with E-state index in [9.17, 15) is 9.59 Å². The summed E-state index contributed by atoms with van der Waals surface area (Å²) in [4.78, 5) is 21.9. The number of carbonyl (C=O) groups is 2. The van der Waals surface area contributed by atoms with Crippen LogP contribution in [0.4, 0.5) is 0 Å². The summed E-state index contributed by atoms with van der Waals surface area (Å²) in [5.74, 6) is -1.58. The van der Waals surface area contributed by atoms with Crippen LogP contribution in [-0.4, -0.2) is 17.7 Å². The van der Waals surface area contributed by atoms with Crippen LogP contribution in [0, 0.1) is 5.41 Å². The number of carbonyl (C=O) groups excluding carboxylic acids is 2. The molecule has 2 saturated heterocycles. The average Bonchev–Trinajstić information content (AvgIpc) is 2.09. The molecule has 2 aliphatic heterocycles. The molecule has 0 unspecified atom stereocenters. The maximum absolute atomic E-state index is 11.0. The first-order valence-corrected chi connectivity index (χ1v) is 3.89. The van der Waals surface area contributed by atoms with Crippen LogP contribution >= 0.6 is 0 Å². The van der Waals surface area contributed by atoms with E-state index in [-0.39, 0.29) is 24.8 Å². The van der Waals surface area contributed by atoms with Crippen molar-refractivity contribution in [3.8, 4) is 0 Å². The van der Waals surface area contributed by atoms with Gasteiger partial charge in [-0.2, -0.15) is 0 Å². The van der Waals surface area contributed by atoms with E-state index in [1.165, 1.54) is 0 Å². The molecule has 0 atom stereocenters. The highest BCUT2D eigenvalue weighted by atomic mass is 16.7. The molecule has 2 fully saturated rings. The highest BCUT2D eigenvalue weighted by molar-refractivity contribution is 5.80. The van der Waals surface area contributed by atoms with Gasteiger partial charge in [-0.25, -0.2) is 0 Å². The molecule has 0 N–H and O–H groups in total. The second-order valence-corrected chi connectivity index (χ2v) is 3.81. The number of hydrogen-bond donors (Lipinski definition) is 0. The number of esters is 2. The van der Waals surface area contributed by atoms with Crippen molar-refractivity contribution in [2.24, 2.45) is 5.41 Å². The zero-order valence-electron chi connectivity index (χ0n) is 7.05. The zero-order valence-corrected chi connectivity index (χ0v) is 7.05. The summed E-state index contributed by atoms with van der Waals surface area (Å²) in [5.41, 5.74) is -0.457. The Balaban J connectivity index is 2.38. The van der Waals surface area contributed by atoms with Gasteiger partial charge in [0.25, 0.3) is 5.79 Å². The van der Waals surface area contributed by atoms with Gasteiger partial charge in [-0.05, 0) is 0 Å². The van der Waals surface area contributed by atoms with Gasteiger partial charge < -0.3 is 9.47 Å². The van der Waals surface area contributed by atoms with Crippen LogP contribution in [0.2, 0.25) is 0 Å². The lowest BCUT2D eigenvalue weighted by Crippen LogP contribution is -2.36. The third kappa shape index (κ3) is 0.722. The molecule has 0 aromatic heterocycles. The topological polar surface area (TPSA) is 52.6 Å². The standard InChI is InChI=1S/C8H10O4/c1-7-3-5(9)11-8(7,2)12-6(10)4-7/h3-4H2,1-2H3/t7-,8+. The normalized spacial score (nSPS) is 45.5. The Morgan fingerprint density at radius 2 is 1.50 bits per heavy atom. The van der Waals surface area contributed by atoms with Crippen LogP contribution in [0.25, 0.3) is 0 Å². The molecule has 0 saturated carbocycles. The Labute approximate surface area is 69.8 Å². The van der Waals surface area contributed by atoms with Gasteiger partial charge in [-0.1, -0.05) is 6.92 Å². The smallest absolute Gasteiger partial charge is 0.309 e. The van der Waals surface area contributed by atoms with Crippen molar-refractivity contribution in [2.75, 3.05) is 0 Å². The summed E-state index contributed by atoms with van der Waals surface area (Å²) in [6.07, 6.45) is 0.546. The number of ether oxygens (including phenoxy) is 2. The van der Waals surface area contributed by atoms with E-state index < -0.39 is 11.2 Å². The number of rotatable bonds is 0. The molecule has 2 rings (SSSR count). The number of fused-ring (bicyclic) bond motifs is 1. The molecule has 0 amide bonds. The molecule has 66 valence electrons. The summed E-state index contributed by atoms with van der Waals surface area (Å²) in [7, 11) is 0. The largest absolute Gasteiger partial charge is 0.422 e. The molecule has 0 aliphatic carbocycles. The first-order valence-electron chi connectivity index (χ1n) is 3.89. The van der Waals surface area contributed by atoms with Crippen molar-refractivity contribution in [1.82, 2.24) is 0 Å². The van der Waals surface area contributed by atoms with E-state index in [1.807, 2.05) is 6.92 Å². The minimum absolute atomic E-state index is 0.273. The molecule has 0 bridgehead atoms. The third-order valence-corrected chi connectivity index (χ3v) is 2.78. The van der Waals surface area contributed by atoms with Crippen molar-refractivity contribution in [3.05, 3.63) is 0 Å². The summed E-state index contributed by atoms with van der Waals surface area (Å²) >= 11 is 0. The van der Waals surface area contributed by atoms with Crippen molar-refractivity contribution in [3.63, 3.8) is 0 Å². The van der Waals surface area contributed by atoms with Gasteiger partial charge in [0.15, 0.2) is 0 Å². The van der Waals surface area contributed by atoms with Crippen LogP contribution in [-0.2, 0) is 19.1 Å². The zero-order chi connectivity index (χ0) is 8.98. The maximum Gasteiger partial charge on any atom is 0.309 e. The Hall–Kier alpha value is -1.06. The van der Waals surface area contributed by atoms with Crippen LogP contribution in [0.1, 0.15) is 26.7 Å². The first kappa shape index (κ1) is 7.58. The van der Waals surface area contributed by atoms with Gasteiger partial charge >= 0.3 is 11.9 Å². The fourth-order valence-electron chi connectivity index (χ4n) is 1.79. The van der Waals surface area contributed by atoms with Crippen LogP contribution in [0.3, 0.4) is 0 Å². The molecule has 4 heteroatoms. The Bertz CT molecular complexity index is 224. The molecule has 2 aliphatic rings. The predicted octanol–water partition coefficient (Wildman–Crippen LogP) is 0.603. The van der Waals surface area contributed by atoms with Crippen molar-refractivity contribution in [1.29, 1.82) is 0 Å². The summed E-state index contributed by atoms with van der Waals surface area (Å²) < 4.78 is 9.93. The van der Waals surface area contributed by atoms with Crippen molar-refractivity contribution in [2.45, 2.75) is 32.5 Å². The van der Waals surface area contributed by atoms with E-state index in [0.717, 1.165) is 0 Å². The van der Waals surface area contributed by atoms with Crippen LogP contribution in [0.15, 0.2) is 0 Å². The molecular weight excluding hydrogens is 160 g/mol. The maximum atomic E-state index is 11.0. The summed E-state index contributed by atoms with van der Waals surface area (Å²) in [5, 5.41) is 0. The molecule has 0 aromatic carbocycles. The molecule has 0 spiro atoms. The number of hydrogen-bond acceptors (Lipinski definition) is 4. The highest BCUT2D eigenvalue weighted by Crippen LogP contribution is 2.51. The van der Waals surface area contributed by atoms with Gasteiger partial charge in [0, 0.05) is 6.92 Å². The summed E-state index contributed by atoms with van der Waals surface area (Å²) in [6, 6.07) is 0. The highest BCUT2D eigenvalue weighted by Gasteiger charge is 2.63. The lowest BCUT2D eigenvalue weighted by molar-refractivity contribution is -0.207. The van der Waals surface area contributed by atoms with E-state index in [2.05, 4.69) is 0 Å². The lowest BCUT2D eigenvalue weighted by Gasteiger charge is -2.27. The Morgan fingerprint density at radius 1 is 1.08 bits per heavy atom. The first-order chi connectivity index (χ1) is 5.45. The quantitative estimate of drug-likeness (QED) is 0.499. The van der Waals surface area contributed by atoms with Crippen molar-refractivity contribution < 1.29 is 19.1 Å². The monoisotopic (exact) mass is 170 g/mol. The molecule has 2 heterocycles. The molecular formula is C8H10O4. The van der Waals surface area contributed by atoms with Gasteiger partial charge in [0.2, 0.25) is 0 Å². The van der Waals surface area contributed by atoms with E-state index in [1.54, 1.807) is 6.92 Å². The average molecular weight is 170 g/mol. The molecule has 0 radical (unpaired) electrons. The van der Waals surface area contributed by atoms with Crippen LogP contribution < -0.4 is 0 Å². The Kier molecular flexibility index (Phi) is 1.14. The molecule has 4 nitrogen and oxygen atoms in total. The van der Waals surface area contributed by atoms with Crippen LogP contribution in [0.5, 0.6) is 0 Å². The fraction of sp³-hybridized carbons (Fsp3) is 0.750. The van der Waals surface area contributed by atoms with E-state index >= 15 is 0 Å².